The molecule has 0 spiro atoms. The van der Waals surface area contributed by atoms with Gasteiger partial charge in [-0.3, -0.25) is 4.79 Å². The van der Waals surface area contributed by atoms with Crippen LogP contribution in [0.15, 0.2) is 18.2 Å². The highest BCUT2D eigenvalue weighted by Gasteiger charge is 2.12. The number of rotatable bonds is 4. The Morgan fingerprint density at radius 3 is 2.88 bits per heavy atom. The summed E-state index contributed by atoms with van der Waals surface area (Å²) in [4.78, 5) is 11.2. The van der Waals surface area contributed by atoms with E-state index in [-0.39, 0.29) is 11.9 Å². The normalized spacial score (nSPS) is 12.0. The predicted molar refractivity (Wildman–Crippen MR) is 73.8 cm³/mol. The minimum absolute atomic E-state index is 0.194. The molecule has 1 rings (SSSR count). The molecule has 88 valence electrons. The van der Waals surface area contributed by atoms with Gasteiger partial charge in [-0.05, 0) is 40.8 Å². The van der Waals surface area contributed by atoms with Crippen LogP contribution in [0.1, 0.15) is 6.92 Å². The van der Waals surface area contributed by atoms with Gasteiger partial charge >= 0.3 is 5.97 Å². The van der Waals surface area contributed by atoms with Crippen LogP contribution in [0.5, 0.6) is 0 Å². The first-order chi connectivity index (χ1) is 7.54. The lowest BCUT2D eigenvalue weighted by Crippen LogP contribution is -2.21. The summed E-state index contributed by atoms with van der Waals surface area (Å²) in [5.41, 5.74) is 0.831. The summed E-state index contributed by atoms with van der Waals surface area (Å²) in [6.45, 7) is 2.31. The third-order valence-corrected chi connectivity index (χ3v) is 3.12. The fourth-order valence-corrected chi connectivity index (χ4v) is 2.10. The van der Waals surface area contributed by atoms with Crippen LogP contribution in [0.2, 0.25) is 5.02 Å². The maximum absolute atomic E-state index is 11.2. The second-order valence-electron chi connectivity index (χ2n) is 3.43. The summed E-state index contributed by atoms with van der Waals surface area (Å²) >= 11 is 8.24. The first-order valence-corrected chi connectivity index (χ1v) is 6.27. The fraction of sp³-hybridized carbons (Fsp3) is 0.364. The first-order valence-electron chi connectivity index (χ1n) is 4.81. The van der Waals surface area contributed by atoms with Crippen molar-refractivity contribution in [1.29, 1.82) is 0 Å². The molecule has 0 radical (unpaired) electrons. The molecule has 1 unspecified atom stereocenters. The molecule has 0 aliphatic carbocycles. The van der Waals surface area contributed by atoms with Crippen molar-refractivity contribution in [2.45, 2.75) is 6.92 Å². The summed E-state index contributed by atoms with van der Waals surface area (Å²) < 4.78 is 5.71. The van der Waals surface area contributed by atoms with Gasteiger partial charge in [0.1, 0.15) is 0 Å². The smallest absolute Gasteiger partial charge is 0.310 e. The molecule has 0 heterocycles. The van der Waals surface area contributed by atoms with Crippen molar-refractivity contribution >= 4 is 45.8 Å². The molecule has 16 heavy (non-hydrogen) atoms. The molecule has 0 fully saturated rings. The number of methoxy groups -OCH3 is 1. The molecule has 0 bridgehead atoms. The molecule has 1 atom stereocenters. The van der Waals surface area contributed by atoms with Gasteiger partial charge in [0, 0.05) is 10.1 Å². The molecule has 1 aromatic carbocycles. The topological polar surface area (TPSA) is 38.3 Å². The Balaban J connectivity index is 2.58. The predicted octanol–water partition coefficient (Wildman–Crippen LogP) is 3.17. The van der Waals surface area contributed by atoms with Crippen molar-refractivity contribution in [2.75, 3.05) is 19.0 Å². The third-order valence-electron chi connectivity index (χ3n) is 2.13. The molecule has 1 N–H and O–H groups in total. The number of carbonyl (C=O) groups excluding carboxylic acids is 1. The van der Waals surface area contributed by atoms with E-state index < -0.39 is 0 Å². The van der Waals surface area contributed by atoms with Crippen LogP contribution in [0.4, 0.5) is 5.69 Å². The van der Waals surface area contributed by atoms with E-state index in [1.165, 1.54) is 7.11 Å². The molecule has 5 heteroatoms. The fourth-order valence-electron chi connectivity index (χ4n) is 1.18. The van der Waals surface area contributed by atoms with Crippen LogP contribution < -0.4 is 5.32 Å². The highest BCUT2D eigenvalue weighted by Crippen LogP contribution is 2.23. The molecule has 1 aromatic rings. The number of ether oxygens (including phenoxy) is 1. The van der Waals surface area contributed by atoms with Crippen LogP contribution in [-0.4, -0.2) is 19.6 Å². The number of hydrogen-bond acceptors (Lipinski definition) is 3. The van der Waals surface area contributed by atoms with E-state index in [0.29, 0.717) is 11.6 Å². The number of hydrogen-bond donors (Lipinski definition) is 1. The number of nitrogens with one attached hydrogen (secondary N) is 1. The van der Waals surface area contributed by atoms with E-state index >= 15 is 0 Å². The third kappa shape index (κ3) is 3.83. The highest BCUT2D eigenvalue weighted by atomic mass is 127. The minimum Gasteiger partial charge on any atom is -0.469 e. The van der Waals surface area contributed by atoms with Gasteiger partial charge in [-0.2, -0.15) is 0 Å². The summed E-state index contributed by atoms with van der Waals surface area (Å²) in [5.74, 6) is -0.422. The lowest BCUT2D eigenvalue weighted by molar-refractivity contribution is -0.144. The Bertz CT molecular complexity index is 384. The molecule has 0 amide bonds. The van der Waals surface area contributed by atoms with E-state index in [0.717, 1.165) is 9.26 Å². The number of carbonyl (C=O) groups is 1. The SMILES string of the molecule is COC(=O)C(C)CNc1ccc(I)cc1Cl. The average molecular weight is 354 g/mol. The zero-order chi connectivity index (χ0) is 12.1. The summed E-state index contributed by atoms with van der Waals surface area (Å²) in [7, 11) is 1.39. The van der Waals surface area contributed by atoms with Crippen molar-refractivity contribution in [3.63, 3.8) is 0 Å². The van der Waals surface area contributed by atoms with Gasteiger partial charge in [0.2, 0.25) is 0 Å². The van der Waals surface area contributed by atoms with E-state index in [1.54, 1.807) is 6.92 Å². The number of halogens is 2. The lowest BCUT2D eigenvalue weighted by Gasteiger charge is -2.12. The molecule has 0 saturated heterocycles. The van der Waals surface area contributed by atoms with Crippen molar-refractivity contribution in [2.24, 2.45) is 5.92 Å². The maximum atomic E-state index is 11.2. The van der Waals surface area contributed by atoms with Gasteiger partial charge in [-0.15, -0.1) is 0 Å². The molecular formula is C11H13ClINO2. The monoisotopic (exact) mass is 353 g/mol. The second kappa shape index (κ2) is 6.30. The lowest BCUT2D eigenvalue weighted by atomic mass is 10.2. The highest BCUT2D eigenvalue weighted by molar-refractivity contribution is 14.1. The Morgan fingerprint density at radius 1 is 1.62 bits per heavy atom. The zero-order valence-corrected chi connectivity index (χ0v) is 12.0. The van der Waals surface area contributed by atoms with Crippen LogP contribution in [0.25, 0.3) is 0 Å². The van der Waals surface area contributed by atoms with Crippen LogP contribution in [0, 0.1) is 9.49 Å². The molecule has 0 aliphatic rings. The van der Waals surface area contributed by atoms with Crippen molar-refractivity contribution in [3.8, 4) is 0 Å². The van der Waals surface area contributed by atoms with Crippen molar-refractivity contribution in [1.82, 2.24) is 0 Å². The van der Waals surface area contributed by atoms with Crippen LogP contribution in [0.3, 0.4) is 0 Å². The van der Waals surface area contributed by atoms with E-state index in [4.69, 9.17) is 11.6 Å². The molecular weight excluding hydrogens is 340 g/mol. The Labute approximate surface area is 114 Å². The van der Waals surface area contributed by atoms with Gasteiger partial charge in [-0.1, -0.05) is 18.5 Å². The maximum Gasteiger partial charge on any atom is 0.310 e. The minimum atomic E-state index is -0.228. The Hall–Kier alpha value is -0.490. The van der Waals surface area contributed by atoms with E-state index in [9.17, 15) is 4.79 Å². The molecule has 0 aromatic heterocycles. The van der Waals surface area contributed by atoms with Crippen LogP contribution >= 0.6 is 34.2 Å². The quantitative estimate of drug-likeness (QED) is 0.667. The molecule has 0 saturated carbocycles. The van der Waals surface area contributed by atoms with E-state index in [1.807, 2.05) is 18.2 Å². The largest absolute Gasteiger partial charge is 0.469 e. The number of esters is 1. The summed E-state index contributed by atoms with van der Waals surface area (Å²) in [6.07, 6.45) is 0. The Morgan fingerprint density at radius 2 is 2.31 bits per heavy atom. The van der Waals surface area contributed by atoms with Crippen LogP contribution in [-0.2, 0) is 9.53 Å². The first kappa shape index (κ1) is 13.6. The zero-order valence-electron chi connectivity index (χ0n) is 9.09. The van der Waals surface area contributed by atoms with Gasteiger partial charge in [-0.25, -0.2) is 0 Å². The number of anilines is 1. The summed E-state index contributed by atoms with van der Waals surface area (Å²) in [5, 5.41) is 3.78. The van der Waals surface area contributed by atoms with Crippen molar-refractivity contribution < 1.29 is 9.53 Å². The average Bonchev–Trinajstić information content (AvgIpc) is 2.26. The van der Waals surface area contributed by atoms with Gasteiger partial charge in [0.05, 0.1) is 23.7 Å². The standard InChI is InChI=1S/C11H13ClINO2/c1-7(11(15)16-2)6-14-10-4-3-8(13)5-9(10)12/h3-5,7,14H,6H2,1-2H3. The second-order valence-corrected chi connectivity index (χ2v) is 5.08. The molecule has 0 aliphatic heterocycles. The van der Waals surface area contributed by atoms with Gasteiger partial charge in [0.15, 0.2) is 0 Å². The van der Waals surface area contributed by atoms with Gasteiger partial charge < -0.3 is 10.1 Å². The molecule has 3 nitrogen and oxygen atoms in total. The number of benzene rings is 1. The van der Waals surface area contributed by atoms with Gasteiger partial charge in [0.25, 0.3) is 0 Å². The summed E-state index contributed by atoms with van der Waals surface area (Å²) in [6, 6.07) is 5.72. The Kier molecular flexibility index (Phi) is 5.34. The van der Waals surface area contributed by atoms with E-state index in [2.05, 4.69) is 32.6 Å². The van der Waals surface area contributed by atoms with Crippen molar-refractivity contribution in [3.05, 3.63) is 26.8 Å².